The summed E-state index contributed by atoms with van der Waals surface area (Å²) >= 11 is 0. The molecule has 3 aliphatic rings. The van der Waals surface area contributed by atoms with Gasteiger partial charge < -0.3 is 4.90 Å². The van der Waals surface area contributed by atoms with Crippen LogP contribution in [0.15, 0.2) is 24.3 Å². The van der Waals surface area contributed by atoms with Gasteiger partial charge in [0.05, 0.1) is 11.1 Å². The molecule has 1 aromatic rings. The largest absolute Gasteiger partial charge is 0.342 e. The molecule has 3 amide bonds. The molecule has 2 atom stereocenters. The highest BCUT2D eigenvalue weighted by molar-refractivity contribution is 6.21. The zero-order chi connectivity index (χ0) is 18.1. The van der Waals surface area contributed by atoms with Crippen molar-refractivity contribution < 1.29 is 14.4 Å². The average molecular weight is 354 g/mol. The molecule has 0 N–H and O–H groups in total. The molecule has 0 spiro atoms. The van der Waals surface area contributed by atoms with Gasteiger partial charge in [0.25, 0.3) is 11.8 Å². The Morgan fingerprint density at radius 3 is 2.31 bits per heavy atom. The van der Waals surface area contributed by atoms with Gasteiger partial charge in [-0.3, -0.25) is 19.3 Å². The summed E-state index contributed by atoms with van der Waals surface area (Å²) in [6.45, 7) is 2.08. The second-order valence-corrected chi connectivity index (χ2v) is 7.84. The zero-order valence-electron chi connectivity index (χ0n) is 15.2. The summed E-state index contributed by atoms with van der Waals surface area (Å²) in [6.07, 6.45) is 7.29. The molecule has 138 valence electrons. The standard InChI is InChI=1S/C21H26N2O3/c24-19(22-13-11-15-6-1-2-7-16(15)14-22)10-5-12-23-20(25)17-8-3-4-9-18(17)21(23)26/h3-4,8-9,15-16H,1-2,5-7,10-14H2/t15-,16+/m1/s1. The zero-order valence-corrected chi connectivity index (χ0v) is 15.2. The van der Waals surface area contributed by atoms with Crippen molar-refractivity contribution in [1.29, 1.82) is 0 Å². The molecule has 2 aliphatic heterocycles. The van der Waals surface area contributed by atoms with Gasteiger partial charge in [0.15, 0.2) is 0 Å². The summed E-state index contributed by atoms with van der Waals surface area (Å²) < 4.78 is 0. The lowest BCUT2D eigenvalue weighted by Crippen LogP contribution is -2.44. The van der Waals surface area contributed by atoms with E-state index in [0.717, 1.165) is 25.4 Å². The van der Waals surface area contributed by atoms with Crippen molar-refractivity contribution in [3.8, 4) is 0 Å². The Morgan fingerprint density at radius 2 is 1.62 bits per heavy atom. The van der Waals surface area contributed by atoms with Crippen molar-refractivity contribution in [2.24, 2.45) is 11.8 Å². The van der Waals surface area contributed by atoms with E-state index >= 15 is 0 Å². The van der Waals surface area contributed by atoms with Crippen molar-refractivity contribution in [2.45, 2.75) is 44.9 Å². The summed E-state index contributed by atoms with van der Waals surface area (Å²) in [5, 5.41) is 0. The van der Waals surface area contributed by atoms with Crippen LogP contribution in [0.3, 0.4) is 0 Å². The maximum Gasteiger partial charge on any atom is 0.261 e. The van der Waals surface area contributed by atoms with Crippen molar-refractivity contribution in [1.82, 2.24) is 9.80 Å². The number of carbonyl (C=O) groups is 3. The van der Waals surface area contributed by atoms with Crippen LogP contribution in [0.4, 0.5) is 0 Å². The monoisotopic (exact) mass is 354 g/mol. The smallest absolute Gasteiger partial charge is 0.261 e. The predicted octanol–water partition coefficient (Wildman–Crippen LogP) is 3.10. The van der Waals surface area contributed by atoms with E-state index in [0.29, 0.717) is 36.4 Å². The molecule has 2 heterocycles. The highest BCUT2D eigenvalue weighted by atomic mass is 16.2. The third kappa shape index (κ3) is 3.15. The minimum absolute atomic E-state index is 0.172. The van der Waals surface area contributed by atoms with Crippen LogP contribution in [-0.4, -0.2) is 47.2 Å². The summed E-state index contributed by atoms with van der Waals surface area (Å²) in [5.41, 5.74) is 0.950. The average Bonchev–Trinajstić information content (AvgIpc) is 2.92. The predicted molar refractivity (Wildman–Crippen MR) is 97.7 cm³/mol. The van der Waals surface area contributed by atoms with Crippen LogP contribution in [0, 0.1) is 11.8 Å². The van der Waals surface area contributed by atoms with Crippen LogP contribution in [0.5, 0.6) is 0 Å². The lowest BCUT2D eigenvalue weighted by atomic mass is 9.75. The molecule has 4 rings (SSSR count). The molecule has 1 saturated carbocycles. The number of benzene rings is 1. The van der Waals surface area contributed by atoms with E-state index in [1.54, 1.807) is 24.3 Å². The Hall–Kier alpha value is -2.17. The number of piperidine rings is 1. The van der Waals surface area contributed by atoms with E-state index in [-0.39, 0.29) is 17.7 Å². The Morgan fingerprint density at radius 1 is 0.962 bits per heavy atom. The van der Waals surface area contributed by atoms with E-state index in [9.17, 15) is 14.4 Å². The third-order valence-electron chi connectivity index (χ3n) is 6.29. The first-order chi connectivity index (χ1) is 12.6. The molecule has 5 nitrogen and oxygen atoms in total. The molecule has 5 heteroatoms. The van der Waals surface area contributed by atoms with E-state index in [2.05, 4.69) is 0 Å². The fraction of sp³-hybridized carbons (Fsp3) is 0.571. The molecule has 26 heavy (non-hydrogen) atoms. The van der Waals surface area contributed by atoms with Crippen molar-refractivity contribution >= 4 is 17.7 Å². The normalized spacial score (nSPS) is 25.2. The molecule has 0 aromatic heterocycles. The van der Waals surface area contributed by atoms with Crippen molar-refractivity contribution in [3.63, 3.8) is 0 Å². The summed E-state index contributed by atoms with van der Waals surface area (Å²) in [4.78, 5) is 40.6. The first-order valence-electron chi connectivity index (χ1n) is 9.88. The Kier molecular flexibility index (Phi) is 4.79. The maximum atomic E-state index is 12.6. The van der Waals surface area contributed by atoms with Crippen LogP contribution in [0.25, 0.3) is 0 Å². The number of imide groups is 1. The number of fused-ring (bicyclic) bond motifs is 2. The number of carbonyl (C=O) groups excluding carboxylic acids is 3. The number of rotatable bonds is 4. The minimum atomic E-state index is -0.235. The van der Waals surface area contributed by atoms with E-state index in [4.69, 9.17) is 0 Å². The van der Waals surface area contributed by atoms with Gasteiger partial charge in [-0.2, -0.15) is 0 Å². The van der Waals surface area contributed by atoms with Crippen molar-refractivity contribution in [3.05, 3.63) is 35.4 Å². The quantitative estimate of drug-likeness (QED) is 0.781. The van der Waals surface area contributed by atoms with Crippen LogP contribution >= 0.6 is 0 Å². The van der Waals surface area contributed by atoms with Crippen LogP contribution in [0.2, 0.25) is 0 Å². The topological polar surface area (TPSA) is 57.7 Å². The number of hydrogen-bond donors (Lipinski definition) is 0. The van der Waals surface area contributed by atoms with Crippen LogP contribution in [0.1, 0.15) is 65.7 Å². The summed E-state index contributed by atoms with van der Waals surface area (Å²) in [6, 6.07) is 6.92. The molecule has 1 aromatic carbocycles. The highest BCUT2D eigenvalue weighted by Gasteiger charge is 2.35. The van der Waals surface area contributed by atoms with Gasteiger partial charge in [0, 0.05) is 26.1 Å². The Bertz CT molecular complexity index is 695. The fourth-order valence-corrected chi connectivity index (χ4v) is 4.82. The van der Waals surface area contributed by atoms with E-state index in [1.807, 2.05) is 4.90 Å². The van der Waals surface area contributed by atoms with Crippen molar-refractivity contribution in [2.75, 3.05) is 19.6 Å². The number of amides is 3. The molecule has 0 radical (unpaired) electrons. The first kappa shape index (κ1) is 17.3. The number of hydrogen-bond acceptors (Lipinski definition) is 3. The van der Waals surface area contributed by atoms with E-state index < -0.39 is 0 Å². The maximum absolute atomic E-state index is 12.6. The Labute approximate surface area is 154 Å². The molecule has 1 aliphatic carbocycles. The highest BCUT2D eigenvalue weighted by Crippen LogP contribution is 2.36. The number of nitrogens with zero attached hydrogens (tertiary/aromatic N) is 2. The van der Waals surface area contributed by atoms with Crippen LogP contribution < -0.4 is 0 Å². The van der Waals surface area contributed by atoms with Crippen LogP contribution in [-0.2, 0) is 4.79 Å². The third-order valence-corrected chi connectivity index (χ3v) is 6.29. The second kappa shape index (κ2) is 7.22. The minimum Gasteiger partial charge on any atom is -0.342 e. The summed E-state index contributed by atoms with van der Waals surface area (Å²) in [5.74, 6) is 1.19. The van der Waals surface area contributed by atoms with Gasteiger partial charge in [0.1, 0.15) is 0 Å². The first-order valence-corrected chi connectivity index (χ1v) is 9.88. The lowest BCUT2D eigenvalue weighted by Gasteiger charge is -2.41. The van der Waals surface area contributed by atoms with Gasteiger partial charge in [-0.15, -0.1) is 0 Å². The summed E-state index contributed by atoms with van der Waals surface area (Å²) in [7, 11) is 0. The SMILES string of the molecule is O=C(CCCN1C(=O)c2ccccc2C1=O)N1CC[C@H]2CCCC[C@H]2C1. The van der Waals surface area contributed by atoms with Gasteiger partial charge in [-0.25, -0.2) is 0 Å². The van der Waals surface area contributed by atoms with Gasteiger partial charge in [-0.1, -0.05) is 31.4 Å². The molecule has 1 saturated heterocycles. The molecule has 0 bridgehead atoms. The second-order valence-electron chi connectivity index (χ2n) is 7.84. The molecular weight excluding hydrogens is 328 g/mol. The van der Waals surface area contributed by atoms with Gasteiger partial charge >= 0.3 is 0 Å². The van der Waals surface area contributed by atoms with Gasteiger partial charge in [0.2, 0.25) is 5.91 Å². The molecule has 2 fully saturated rings. The molecular formula is C21H26N2O3. The lowest BCUT2D eigenvalue weighted by molar-refractivity contribution is -0.134. The van der Waals surface area contributed by atoms with Gasteiger partial charge in [-0.05, 0) is 43.2 Å². The van der Waals surface area contributed by atoms with E-state index in [1.165, 1.54) is 30.6 Å². The Balaban J connectivity index is 1.28. The molecule has 0 unspecified atom stereocenters. The number of likely N-dealkylation sites (tertiary alicyclic amines) is 1. The fourth-order valence-electron chi connectivity index (χ4n) is 4.82.